The zero-order chi connectivity index (χ0) is 36.8. The third-order valence-electron chi connectivity index (χ3n) is 9.28. The second-order valence-electron chi connectivity index (χ2n) is 14.3. The fourth-order valence-electron chi connectivity index (χ4n) is 6.13. The van der Waals surface area contributed by atoms with Gasteiger partial charge < -0.3 is 19.3 Å². The quantitative estimate of drug-likeness (QED) is 0.0278. The monoisotopic (exact) mass is 731 g/mol. The van der Waals surface area contributed by atoms with Crippen LogP contribution in [0.25, 0.3) is 0 Å². The highest BCUT2D eigenvalue weighted by Crippen LogP contribution is 2.36. The van der Waals surface area contributed by atoms with Crippen molar-refractivity contribution >= 4 is 19.8 Å². The lowest BCUT2D eigenvalue weighted by atomic mass is 10.0. The maximum absolute atomic E-state index is 12.4. The topological polar surface area (TPSA) is 119 Å². The number of carbonyl (C=O) groups excluding carboxylic acids is 2. The summed E-state index contributed by atoms with van der Waals surface area (Å²) in [6, 6.07) is 0. The number of carbonyl (C=O) groups is 2. The van der Waals surface area contributed by atoms with Crippen LogP contribution in [0.1, 0.15) is 219 Å². The van der Waals surface area contributed by atoms with Crippen molar-refractivity contribution in [3.8, 4) is 0 Å². The Labute approximate surface area is 307 Å². The first-order valence-electron chi connectivity index (χ1n) is 21.0. The van der Waals surface area contributed by atoms with Crippen molar-refractivity contribution in [2.75, 3.05) is 13.2 Å². The van der Waals surface area contributed by atoms with E-state index in [1.165, 1.54) is 141 Å². The number of esters is 2. The van der Waals surface area contributed by atoms with Crippen molar-refractivity contribution in [2.45, 2.75) is 225 Å². The summed E-state index contributed by atoms with van der Waals surface area (Å²) in [5.41, 5.74) is 0. The number of hydrogen-bond acceptors (Lipinski definition) is 6. The minimum Gasteiger partial charge on any atom is -0.462 e. The SMILES string of the molecule is CCCCCCCC/C=C/CCCCCCCCCC(=O)O[C@H](COC(=O)CCCCCCCCCCCCCCCCC)COP(=O)(O)O. The van der Waals surface area contributed by atoms with E-state index in [4.69, 9.17) is 19.3 Å². The molecule has 0 saturated heterocycles. The fourth-order valence-corrected chi connectivity index (χ4v) is 6.49. The molecule has 0 rings (SSSR count). The molecule has 0 unspecified atom stereocenters. The first-order valence-corrected chi connectivity index (χ1v) is 22.5. The molecule has 0 aromatic heterocycles. The van der Waals surface area contributed by atoms with Gasteiger partial charge in [0.2, 0.25) is 0 Å². The molecule has 0 heterocycles. The Bertz CT molecular complexity index is 827. The van der Waals surface area contributed by atoms with E-state index in [-0.39, 0.29) is 19.4 Å². The molecule has 50 heavy (non-hydrogen) atoms. The van der Waals surface area contributed by atoms with Crippen molar-refractivity contribution in [1.82, 2.24) is 0 Å². The average molecular weight is 731 g/mol. The summed E-state index contributed by atoms with van der Waals surface area (Å²) in [4.78, 5) is 42.8. The molecule has 0 radical (unpaired) electrons. The summed E-state index contributed by atoms with van der Waals surface area (Å²) >= 11 is 0. The van der Waals surface area contributed by atoms with Gasteiger partial charge in [0.25, 0.3) is 0 Å². The molecule has 0 saturated carbocycles. The Kier molecular flexibility index (Phi) is 36.6. The molecule has 1 atom stereocenters. The Morgan fingerprint density at radius 3 is 1.22 bits per heavy atom. The van der Waals surface area contributed by atoms with Crippen molar-refractivity contribution < 1.29 is 37.9 Å². The van der Waals surface area contributed by atoms with Gasteiger partial charge in [0.15, 0.2) is 6.10 Å². The van der Waals surface area contributed by atoms with Gasteiger partial charge in [-0.05, 0) is 38.5 Å². The molecule has 0 bridgehead atoms. The van der Waals surface area contributed by atoms with Crippen LogP contribution in [0.3, 0.4) is 0 Å². The lowest BCUT2D eigenvalue weighted by Gasteiger charge is -2.18. The number of ether oxygens (including phenoxy) is 2. The number of rotatable bonds is 39. The zero-order valence-electron chi connectivity index (χ0n) is 32.6. The van der Waals surface area contributed by atoms with E-state index in [9.17, 15) is 14.2 Å². The minimum atomic E-state index is -4.75. The Morgan fingerprint density at radius 2 is 0.840 bits per heavy atom. The molecule has 0 aliphatic rings. The normalized spacial score (nSPS) is 12.5. The Balaban J connectivity index is 3.89. The molecule has 0 aliphatic carbocycles. The number of phosphoric ester groups is 1. The molecule has 0 aromatic rings. The summed E-state index contributed by atoms with van der Waals surface area (Å²) in [5.74, 6) is -0.878. The van der Waals surface area contributed by atoms with E-state index in [2.05, 4.69) is 30.5 Å². The molecule has 0 amide bonds. The standard InChI is InChI=1S/C41H79O8P/c1-3-5-7-9-11-13-15-17-19-20-22-24-26-28-30-32-34-36-41(43)49-39(38-48-50(44,45)46)37-47-40(42)35-33-31-29-27-25-23-21-18-16-14-12-10-8-6-4-2/h17,19,39H,3-16,18,20-38H2,1-2H3,(H2,44,45,46)/b19-17+/t39-/m1/s1. The first-order chi connectivity index (χ1) is 24.3. The van der Waals surface area contributed by atoms with Crippen LogP contribution in [0.15, 0.2) is 12.2 Å². The second-order valence-corrected chi connectivity index (χ2v) is 15.6. The molecule has 0 aliphatic heterocycles. The highest BCUT2D eigenvalue weighted by atomic mass is 31.2. The minimum absolute atomic E-state index is 0.211. The average Bonchev–Trinajstić information content (AvgIpc) is 3.08. The number of hydrogen-bond donors (Lipinski definition) is 2. The van der Waals surface area contributed by atoms with Crippen molar-refractivity contribution in [1.29, 1.82) is 0 Å². The van der Waals surface area contributed by atoms with Crippen LogP contribution in [0, 0.1) is 0 Å². The van der Waals surface area contributed by atoms with Crippen LogP contribution < -0.4 is 0 Å². The highest BCUT2D eigenvalue weighted by molar-refractivity contribution is 7.46. The molecular formula is C41H79O8P. The maximum atomic E-state index is 12.4. The fraction of sp³-hybridized carbons (Fsp3) is 0.902. The molecule has 0 aromatic carbocycles. The van der Waals surface area contributed by atoms with E-state index in [0.29, 0.717) is 6.42 Å². The molecular weight excluding hydrogens is 651 g/mol. The van der Waals surface area contributed by atoms with Gasteiger partial charge in [-0.3, -0.25) is 14.1 Å². The summed E-state index contributed by atoms with van der Waals surface area (Å²) in [7, 11) is -4.75. The van der Waals surface area contributed by atoms with Crippen molar-refractivity contribution in [2.24, 2.45) is 0 Å². The van der Waals surface area contributed by atoms with Gasteiger partial charge in [0, 0.05) is 12.8 Å². The lowest BCUT2D eigenvalue weighted by molar-refractivity contribution is -0.161. The summed E-state index contributed by atoms with van der Waals surface area (Å²) < 4.78 is 26.4. The van der Waals surface area contributed by atoms with Crippen molar-refractivity contribution in [3.63, 3.8) is 0 Å². The number of phosphoric acid groups is 1. The molecule has 0 spiro atoms. The Hall–Kier alpha value is -1.21. The second kappa shape index (κ2) is 37.5. The summed E-state index contributed by atoms with van der Waals surface area (Å²) in [5, 5.41) is 0. The van der Waals surface area contributed by atoms with E-state index in [1.807, 2.05) is 0 Å². The third kappa shape index (κ3) is 39.6. The van der Waals surface area contributed by atoms with Gasteiger partial charge in [-0.1, -0.05) is 180 Å². The zero-order valence-corrected chi connectivity index (χ0v) is 33.5. The van der Waals surface area contributed by atoms with Crippen LogP contribution in [0.4, 0.5) is 0 Å². The molecule has 0 fully saturated rings. The van der Waals surface area contributed by atoms with E-state index >= 15 is 0 Å². The Morgan fingerprint density at radius 1 is 0.500 bits per heavy atom. The van der Waals surface area contributed by atoms with E-state index in [1.54, 1.807) is 0 Å². The van der Waals surface area contributed by atoms with Crippen LogP contribution in [0.2, 0.25) is 0 Å². The van der Waals surface area contributed by atoms with Crippen LogP contribution in [-0.4, -0.2) is 41.0 Å². The highest BCUT2D eigenvalue weighted by Gasteiger charge is 2.22. The van der Waals surface area contributed by atoms with E-state index in [0.717, 1.165) is 44.9 Å². The van der Waals surface area contributed by atoms with Gasteiger partial charge in [0.05, 0.1) is 6.61 Å². The van der Waals surface area contributed by atoms with Crippen LogP contribution in [-0.2, 0) is 28.2 Å². The number of allylic oxidation sites excluding steroid dienone is 2. The van der Waals surface area contributed by atoms with Gasteiger partial charge >= 0.3 is 19.8 Å². The van der Waals surface area contributed by atoms with Gasteiger partial charge in [-0.25, -0.2) is 4.57 Å². The van der Waals surface area contributed by atoms with Gasteiger partial charge in [-0.15, -0.1) is 0 Å². The van der Waals surface area contributed by atoms with Gasteiger partial charge in [0.1, 0.15) is 6.61 Å². The molecule has 296 valence electrons. The predicted molar refractivity (Wildman–Crippen MR) is 207 cm³/mol. The summed E-state index contributed by atoms with van der Waals surface area (Å²) in [6.07, 6.45) is 40.7. The smallest absolute Gasteiger partial charge is 0.462 e. The first kappa shape index (κ1) is 48.8. The molecule has 8 nitrogen and oxygen atoms in total. The lowest BCUT2D eigenvalue weighted by Crippen LogP contribution is -2.29. The largest absolute Gasteiger partial charge is 0.469 e. The summed E-state index contributed by atoms with van der Waals surface area (Å²) in [6.45, 7) is 3.70. The van der Waals surface area contributed by atoms with E-state index < -0.39 is 32.5 Å². The van der Waals surface area contributed by atoms with Crippen molar-refractivity contribution in [3.05, 3.63) is 12.2 Å². The molecule has 9 heteroatoms. The number of unbranched alkanes of at least 4 members (excludes halogenated alkanes) is 27. The maximum Gasteiger partial charge on any atom is 0.469 e. The van der Waals surface area contributed by atoms with Crippen LogP contribution in [0.5, 0.6) is 0 Å². The third-order valence-corrected chi connectivity index (χ3v) is 9.77. The molecule has 2 N–H and O–H groups in total. The predicted octanol–water partition coefficient (Wildman–Crippen LogP) is 12.6. The van der Waals surface area contributed by atoms with Crippen LogP contribution >= 0.6 is 7.82 Å². The van der Waals surface area contributed by atoms with Gasteiger partial charge in [-0.2, -0.15) is 0 Å².